The van der Waals surface area contributed by atoms with Gasteiger partial charge in [0, 0.05) is 21.3 Å². The monoisotopic (exact) mass is 652 g/mol. The topological polar surface area (TPSA) is 77.7 Å². The first kappa shape index (κ1) is 28.0. The van der Waals surface area contributed by atoms with Gasteiger partial charge in [-0.05, 0) is 36.8 Å². The Hall–Kier alpha value is -1.99. The van der Waals surface area contributed by atoms with E-state index in [0.717, 1.165) is 10.7 Å². The van der Waals surface area contributed by atoms with E-state index < -0.39 is 21.9 Å². The summed E-state index contributed by atoms with van der Waals surface area (Å²) in [7, 11) is -3.98. The molecule has 4 rings (SSSR count). The van der Waals surface area contributed by atoms with Gasteiger partial charge in [0.2, 0.25) is 0 Å². The van der Waals surface area contributed by atoms with Crippen LogP contribution in [0.25, 0.3) is 27.6 Å². The summed E-state index contributed by atoms with van der Waals surface area (Å²) in [5.74, 6) is -1.82. The third-order valence-corrected chi connectivity index (χ3v) is 8.62. The molecule has 0 radical (unpaired) electrons. The van der Waals surface area contributed by atoms with Crippen molar-refractivity contribution in [2.75, 3.05) is 6.26 Å². The fourth-order valence-electron chi connectivity index (χ4n) is 3.77. The van der Waals surface area contributed by atoms with Gasteiger partial charge in [-0.2, -0.15) is 18.3 Å². The molecule has 14 heteroatoms. The van der Waals surface area contributed by atoms with Crippen LogP contribution < -0.4 is 0 Å². The van der Waals surface area contributed by atoms with Crippen molar-refractivity contribution in [2.45, 2.75) is 36.8 Å². The van der Waals surface area contributed by atoms with Crippen molar-refractivity contribution in [3.05, 3.63) is 62.0 Å². The zero-order chi connectivity index (χ0) is 27.1. The Bertz CT molecular complexity index is 1560. The molecule has 2 aromatic carbocycles. The van der Waals surface area contributed by atoms with E-state index >= 15 is 0 Å². The highest BCUT2D eigenvalue weighted by atomic mass is 79.9. The second-order valence-corrected chi connectivity index (χ2v) is 12.9. The molecule has 0 fully saturated rings. The lowest BCUT2D eigenvalue weighted by atomic mass is 10.0. The second kappa shape index (κ2) is 10.6. The van der Waals surface area contributed by atoms with Gasteiger partial charge in [-0.3, -0.25) is 0 Å². The molecule has 0 saturated carbocycles. The summed E-state index contributed by atoms with van der Waals surface area (Å²) in [6, 6.07) is 11.4. The highest BCUT2D eigenvalue weighted by molar-refractivity contribution is 9.10. The number of halogens is 6. The van der Waals surface area contributed by atoms with E-state index in [-0.39, 0.29) is 44.2 Å². The van der Waals surface area contributed by atoms with Crippen molar-refractivity contribution in [3.63, 3.8) is 0 Å². The maximum absolute atomic E-state index is 13.7. The quantitative estimate of drug-likeness (QED) is 0.202. The van der Waals surface area contributed by atoms with Gasteiger partial charge in [-0.1, -0.05) is 75.9 Å². The molecule has 0 bridgehead atoms. The fourth-order valence-corrected chi connectivity index (χ4v) is 6.63. The molecule has 1 atom stereocenters. The molecule has 37 heavy (non-hydrogen) atoms. The number of nitrogens with zero attached hydrogens (tertiary/aromatic N) is 4. The van der Waals surface area contributed by atoms with E-state index in [2.05, 4.69) is 31.2 Å². The third kappa shape index (κ3) is 5.88. The predicted molar refractivity (Wildman–Crippen MR) is 142 cm³/mol. The lowest BCUT2D eigenvalue weighted by Gasteiger charge is -2.16. The zero-order valence-electron chi connectivity index (χ0n) is 19.2. The standard InChI is InChI=1S/C23H18BrCl2F3N4O2S2/c1-3-4-15(23(27,28)29)21-30-31-22(36-21)18-20(37(2,34)35)19(12-5-7-13(24)8-6-12)33(32-18)17-10-9-14(25)11-16(17)26/h5-11,15H,3-4H2,1-2H3. The van der Waals surface area contributed by atoms with Crippen LogP contribution >= 0.6 is 50.5 Å². The van der Waals surface area contributed by atoms with Gasteiger partial charge in [0.1, 0.15) is 21.5 Å². The summed E-state index contributed by atoms with van der Waals surface area (Å²) in [6.45, 7) is 1.64. The van der Waals surface area contributed by atoms with Gasteiger partial charge < -0.3 is 0 Å². The molecule has 0 N–H and O–H groups in total. The number of rotatable bonds is 7. The minimum Gasteiger partial charge on any atom is -0.229 e. The fraction of sp³-hybridized carbons (Fsp3) is 0.261. The zero-order valence-corrected chi connectivity index (χ0v) is 24.0. The Balaban J connectivity index is 2.03. The highest BCUT2D eigenvalue weighted by Gasteiger charge is 2.43. The van der Waals surface area contributed by atoms with E-state index in [4.69, 9.17) is 23.2 Å². The van der Waals surface area contributed by atoms with Crippen LogP contribution in [0, 0.1) is 0 Å². The van der Waals surface area contributed by atoms with Gasteiger partial charge in [0.05, 0.1) is 16.4 Å². The summed E-state index contributed by atoms with van der Waals surface area (Å²) < 4.78 is 69.4. The largest absolute Gasteiger partial charge is 0.398 e. The molecule has 2 aromatic heterocycles. The Morgan fingerprint density at radius 3 is 2.35 bits per heavy atom. The van der Waals surface area contributed by atoms with Gasteiger partial charge in [-0.15, -0.1) is 10.2 Å². The number of sulfone groups is 1. The molecule has 0 aliphatic heterocycles. The molecule has 1 unspecified atom stereocenters. The van der Waals surface area contributed by atoms with Crippen LogP contribution in [-0.4, -0.2) is 40.8 Å². The van der Waals surface area contributed by atoms with Crippen LogP contribution in [0.4, 0.5) is 13.2 Å². The molecule has 0 spiro atoms. The summed E-state index contributed by atoms with van der Waals surface area (Å²) in [4.78, 5) is -0.206. The van der Waals surface area contributed by atoms with Crippen LogP contribution in [0.5, 0.6) is 0 Å². The van der Waals surface area contributed by atoms with Crippen molar-refractivity contribution < 1.29 is 21.6 Å². The van der Waals surface area contributed by atoms with E-state index in [9.17, 15) is 21.6 Å². The first-order chi connectivity index (χ1) is 17.3. The number of benzene rings is 2. The van der Waals surface area contributed by atoms with E-state index in [0.29, 0.717) is 27.6 Å². The average molecular weight is 654 g/mol. The highest BCUT2D eigenvalue weighted by Crippen LogP contribution is 2.44. The lowest BCUT2D eigenvalue weighted by Crippen LogP contribution is -2.20. The van der Waals surface area contributed by atoms with Crippen molar-refractivity contribution in [1.82, 2.24) is 20.0 Å². The Labute approximate surface area is 233 Å². The van der Waals surface area contributed by atoms with E-state index in [1.54, 1.807) is 43.3 Å². The Morgan fingerprint density at radius 2 is 1.78 bits per heavy atom. The first-order valence-corrected chi connectivity index (χ1v) is 15.0. The van der Waals surface area contributed by atoms with Gasteiger partial charge in [-0.25, -0.2) is 13.1 Å². The van der Waals surface area contributed by atoms with E-state index in [1.807, 2.05) is 0 Å². The number of alkyl halides is 3. The minimum absolute atomic E-state index is 0.0528. The maximum atomic E-state index is 13.7. The molecular weight excluding hydrogens is 636 g/mol. The first-order valence-electron chi connectivity index (χ1n) is 10.8. The minimum atomic E-state index is -4.52. The molecule has 196 valence electrons. The maximum Gasteiger partial charge on any atom is 0.398 e. The van der Waals surface area contributed by atoms with Crippen LogP contribution in [0.3, 0.4) is 0 Å². The van der Waals surface area contributed by atoms with Crippen molar-refractivity contribution in [1.29, 1.82) is 0 Å². The SMILES string of the molecule is CCCC(c1nnc(-c2nn(-c3ccc(Cl)cc3Cl)c(-c3ccc(Br)cc3)c2S(C)(=O)=O)s1)C(F)(F)F. The predicted octanol–water partition coefficient (Wildman–Crippen LogP) is 7.98. The average Bonchev–Trinajstić information content (AvgIpc) is 3.42. The summed E-state index contributed by atoms with van der Waals surface area (Å²) in [5.41, 5.74) is 0.862. The van der Waals surface area contributed by atoms with E-state index in [1.165, 1.54) is 10.7 Å². The smallest absolute Gasteiger partial charge is 0.229 e. The Kier molecular flexibility index (Phi) is 8.06. The van der Waals surface area contributed by atoms with Gasteiger partial charge in [0.15, 0.2) is 14.8 Å². The van der Waals surface area contributed by atoms with Crippen LogP contribution in [0.2, 0.25) is 10.0 Å². The number of hydrogen-bond acceptors (Lipinski definition) is 6. The number of aromatic nitrogens is 4. The Morgan fingerprint density at radius 1 is 1.11 bits per heavy atom. The molecule has 0 amide bonds. The van der Waals surface area contributed by atoms with Crippen molar-refractivity contribution >= 4 is 60.3 Å². The molecule has 2 heterocycles. The third-order valence-electron chi connectivity index (χ3n) is 5.38. The number of hydrogen-bond donors (Lipinski definition) is 0. The molecule has 0 aliphatic carbocycles. The van der Waals surface area contributed by atoms with Gasteiger partial charge >= 0.3 is 6.18 Å². The molecule has 4 aromatic rings. The molecule has 0 saturated heterocycles. The normalized spacial score (nSPS) is 13.2. The molecule has 0 aliphatic rings. The van der Waals surface area contributed by atoms with Gasteiger partial charge in [0.25, 0.3) is 0 Å². The van der Waals surface area contributed by atoms with Crippen LogP contribution in [-0.2, 0) is 9.84 Å². The van der Waals surface area contributed by atoms with Crippen molar-refractivity contribution in [3.8, 4) is 27.6 Å². The summed E-state index contributed by atoms with van der Waals surface area (Å²) >= 11 is 16.5. The van der Waals surface area contributed by atoms with Crippen molar-refractivity contribution in [2.24, 2.45) is 0 Å². The summed E-state index contributed by atoms with van der Waals surface area (Å²) in [5, 5.41) is 12.5. The van der Waals surface area contributed by atoms with Crippen LogP contribution in [0.1, 0.15) is 30.7 Å². The second-order valence-electron chi connectivity index (χ2n) is 8.14. The molecule has 6 nitrogen and oxygen atoms in total. The lowest BCUT2D eigenvalue weighted by molar-refractivity contribution is -0.152. The summed E-state index contributed by atoms with van der Waals surface area (Å²) in [6.07, 6.45) is -3.41. The van der Waals surface area contributed by atoms with Crippen LogP contribution in [0.15, 0.2) is 51.8 Å². The molecular formula is C23H18BrCl2F3N4O2S2.